The van der Waals surface area contributed by atoms with Crippen LogP contribution in [0.3, 0.4) is 0 Å². The van der Waals surface area contributed by atoms with Crippen LogP contribution in [0.4, 0.5) is 5.82 Å². The molecule has 5 heterocycles. The number of amides is 4. The molecular formula is C31H35BN6O5. The van der Waals surface area contributed by atoms with E-state index in [1.165, 1.54) is 36.6 Å². The quantitative estimate of drug-likeness (QED) is 0.268. The van der Waals surface area contributed by atoms with E-state index < -0.39 is 23.4 Å². The van der Waals surface area contributed by atoms with E-state index in [4.69, 9.17) is 7.85 Å². The second kappa shape index (κ2) is 10.9. The van der Waals surface area contributed by atoms with Crippen LogP contribution in [0, 0.1) is 5.41 Å². The lowest BCUT2D eigenvalue weighted by atomic mass is 9.71. The van der Waals surface area contributed by atoms with Crippen LogP contribution in [0.25, 0.3) is 10.8 Å². The van der Waals surface area contributed by atoms with Crippen LogP contribution in [-0.4, -0.2) is 75.9 Å². The van der Waals surface area contributed by atoms with Gasteiger partial charge in [-0.25, -0.2) is 4.98 Å². The molecule has 3 aromatic rings. The number of hydrogen-bond acceptors (Lipinski definition) is 7. The van der Waals surface area contributed by atoms with Crippen molar-refractivity contribution in [2.45, 2.75) is 76.4 Å². The fourth-order valence-corrected chi connectivity index (χ4v) is 6.42. The van der Waals surface area contributed by atoms with Gasteiger partial charge in [0.2, 0.25) is 18.2 Å². The van der Waals surface area contributed by atoms with E-state index in [1.54, 1.807) is 34.0 Å². The summed E-state index contributed by atoms with van der Waals surface area (Å²) in [5.41, 5.74) is -0.239. The summed E-state index contributed by atoms with van der Waals surface area (Å²) >= 11 is 0. The normalized spacial score (nSPS) is 22.9. The monoisotopic (exact) mass is 582 g/mol. The third kappa shape index (κ3) is 5.22. The number of aliphatic hydroxyl groups is 1. The molecule has 4 aliphatic rings. The number of likely N-dealkylation sites (tertiary alicyclic amines) is 1. The lowest BCUT2D eigenvalue weighted by Gasteiger charge is -2.33. The minimum atomic E-state index is -1.96. The minimum absolute atomic E-state index is 0.0754. The Balaban J connectivity index is 0.000000491. The van der Waals surface area contributed by atoms with Crippen molar-refractivity contribution in [2.75, 3.05) is 18.0 Å². The fraction of sp³-hybridized carbons (Fsp3) is 0.484. The van der Waals surface area contributed by atoms with Crippen LogP contribution in [0.5, 0.6) is 0 Å². The molecule has 1 aromatic carbocycles. The maximum absolute atomic E-state index is 13.3. The Labute approximate surface area is 251 Å². The van der Waals surface area contributed by atoms with Crippen LogP contribution >= 0.6 is 0 Å². The molecule has 2 unspecified atom stereocenters. The van der Waals surface area contributed by atoms with E-state index >= 15 is 0 Å². The average Bonchev–Trinajstić information content (AvgIpc) is 3.59. The summed E-state index contributed by atoms with van der Waals surface area (Å²) in [6.07, 6.45) is 11.6. The number of imide groups is 1. The Morgan fingerprint density at radius 2 is 1.84 bits per heavy atom. The molecule has 2 atom stereocenters. The van der Waals surface area contributed by atoms with E-state index in [9.17, 15) is 24.3 Å². The van der Waals surface area contributed by atoms with E-state index in [0.717, 1.165) is 24.7 Å². The summed E-state index contributed by atoms with van der Waals surface area (Å²) in [7, 11) is 6.49. The smallest absolute Gasteiger partial charge is 0.260 e. The summed E-state index contributed by atoms with van der Waals surface area (Å²) in [6.45, 7) is 5.92. The molecule has 2 aromatic heterocycles. The fourth-order valence-electron chi connectivity index (χ4n) is 6.42. The first-order valence-electron chi connectivity index (χ1n) is 14.8. The zero-order valence-electron chi connectivity index (χ0n) is 24.5. The second-order valence-corrected chi connectivity index (χ2v) is 12.7. The number of piperidine rings is 2. The Morgan fingerprint density at radius 1 is 1.12 bits per heavy atom. The van der Waals surface area contributed by atoms with Gasteiger partial charge in [0.05, 0.1) is 23.3 Å². The van der Waals surface area contributed by atoms with Gasteiger partial charge in [-0.05, 0) is 49.0 Å². The highest BCUT2D eigenvalue weighted by atomic mass is 16.3. The topological polar surface area (TPSA) is 138 Å². The molecule has 0 spiro atoms. The number of pyridine rings is 1. The van der Waals surface area contributed by atoms with Gasteiger partial charge < -0.3 is 10.0 Å². The summed E-state index contributed by atoms with van der Waals surface area (Å²) in [6, 6.07) is 4.30. The van der Waals surface area contributed by atoms with Crippen LogP contribution in [0.2, 0.25) is 0 Å². The second-order valence-electron chi connectivity index (χ2n) is 12.7. The van der Waals surface area contributed by atoms with E-state index in [-0.39, 0.29) is 24.8 Å². The number of aromatic nitrogens is 3. The molecule has 2 radical (unpaired) electrons. The highest BCUT2D eigenvalue weighted by molar-refractivity contribution is 6.27. The molecule has 0 bridgehead atoms. The van der Waals surface area contributed by atoms with Crippen LogP contribution in [0.15, 0.2) is 36.8 Å². The summed E-state index contributed by atoms with van der Waals surface area (Å²) < 4.78 is 1.76. The number of anilines is 1. The molecule has 2 N–H and O–H groups in total. The van der Waals surface area contributed by atoms with Crippen molar-refractivity contribution in [1.82, 2.24) is 25.0 Å². The molecule has 222 valence electrons. The van der Waals surface area contributed by atoms with Crippen molar-refractivity contribution < 1.29 is 24.3 Å². The molecule has 3 aliphatic heterocycles. The highest BCUT2D eigenvalue weighted by Gasteiger charge is 2.43. The van der Waals surface area contributed by atoms with E-state index in [2.05, 4.69) is 29.2 Å². The SMILES string of the molecule is CC1(C)CCC1.[B]C(O)(c1cnn(C2CCN(C=O)CC2)c1)c1cnc2c3c(cccc13)C(=O)N2C1CCC(=O)NC1=O. The molecule has 2 saturated heterocycles. The first-order valence-corrected chi connectivity index (χ1v) is 14.8. The molecular weight excluding hydrogens is 547 g/mol. The zero-order chi connectivity index (χ0) is 30.5. The van der Waals surface area contributed by atoms with Crippen LogP contribution < -0.4 is 10.2 Å². The molecule has 1 aliphatic carbocycles. The largest absolute Gasteiger partial charge is 0.390 e. The van der Waals surface area contributed by atoms with Gasteiger partial charge in [0.25, 0.3) is 5.91 Å². The maximum atomic E-state index is 13.3. The number of carbonyl (C=O) groups is 4. The van der Waals surface area contributed by atoms with Gasteiger partial charge in [0.15, 0.2) is 0 Å². The molecule has 1 saturated carbocycles. The zero-order valence-corrected chi connectivity index (χ0v) is 24.5. The van der Waals surface area contributed by atoms with E-state index in [0.29, 0.717) is 46.4 Å². The Morgan fingerprint density at radius 3 is 2.47 bits per heavy atom. The molecule has 4 amide bonds. The minimum Gasteiger partial charge on any atom is -0.390 e. The van der Waals surface area contributed by atoms with Gasteiger partial charge >= 0.3 is 0 Å². The van der Waals surface area contributed by atoms with Crippen molar-refractivity contribution >= 4 is 48.6 Å². The van der Waals surface area contributed by atoms with Crippen LogP contribution in [0.1, 0.15) is 86.3 Å². The van der Waals surface area contributed by atoms with Gasteiger partial charge in [-0.1, -0.05) is 32.4 Å². The van der Waals surface area contributed by atoms with Gasteiger partial charge in [-0.2, -0.15) is 5.10 Å². The summed E-state index contributed by atoms with van der Waals surface area (Å²) in [5, 5.41) is 19.3. The summed E-state index contributed by atoms with van der Waals surface area (Å²) in [5.74, 6) is -1.02. The number of hydrogen-bond donors (Lipinski definition) is 2. The standard InChI is InChI=1S/C25H23BN6O5.C6H12/c26-25(37,14-10-28-31(12-14)15-6-8-30(13-33)9-7-15)18-11-27-22-21-16(18)2-1-3-17(21)24(36)32(22)19-4-5-20(34)29-23(19)35;1-6(2)4-3-5-6/h1-3,10-13,15,19,37H,4-9H2,(H,29,34,35);3-5H2,1-2H3. The number of nitrogens with zero attached hydrogens (tertiary/aromatic N) is 5. The third-order valence-electron chi connectivity index (χ3n) is 9.27. The van der Waals surface area contributed by atoms with Gasteiger partial charge in [0, 0.05) is 48.4 Å². The van der Waals surface area contributed by atoms with Crippen molar-refractivity contribution in [1.29, 1.82) is 0 Å². The third-order valence-corrected chi connectivity index (χ3v) is 9.27. The molecule has 12 heteroatoms. The number of benzene rings is 1. The van der Waals surface area contributed by atoms with Crippen molar-refractivity contribution in [2.24, 2.45) is 5.41 Å². The number of rotatable bonds is 5. The van der Waals surface area contributed by atoms with Crippen molar-refractivity contribution in [3.05, 3.63) is 53.5 Å². The highest BCUT2D eigenvalue weighted by Crippen LogP contribution is 2.42. The van der Waals surface area contributed by atoms with Crippen molar-refractivity contribution in [3.63, 3.8) is 0 Å². The molecule has 3 fully saturated rings. The number of carbonyl (C=O) groups excluding carboxylic acids is 4. The number of nitrogens with one attached hydrogen (secondary N) is 1. The van der Waals surface area contributed by atoms with E-state index in [1.807, 2.05) is 0 Å². The van der Waals surface area contributed by atoms with Gasteiger partial charge in [0.1, 0.15) is 19.7 Å². The first kappa shape index (κ1) is 29.0. The van der Waals surface area contributed by atoms with Crippen molar-refractivity contribution in [3.8, 4) is 0 Å². The van der Waals surface area contributed by atoms with Gasteiger partial charge in [-0.3, -0.25) is 34.1 Å². The molecule has 43 heavy (non-hydrogen) atoms. The summed E-state index contributed by atoms with van der Waals surface area (Å²) in [4.78, 5) is 56.0. The average molecular weight is 582 g/mol. The Kier molecular flexibility index (Phi) is 7.36. The Bertz CT molecular complexity index is 1600. The predicted molar refractivity (Wildman–Crippen MR) is 159 cm³/mol. The Hall–Kier alpha value is -4.06. The lowest BCUT2D eigenvalue weighted by Crippen LogP contribution is -2.53. The van der Waals surface area contributed by atoms with Gasteiger partial charge in [-0.15, -0.1) is 0 Å². The maximum Gasteiger partial charge on any atom is 0.260 e. The molecule has 7 rings (SSSR count). The molecule has 11 nitrogen and oxygen atoms in total. The predicted octanol–water partition coefficient (Wildman–Crippen LogP) is 2.55. The van der Waals surface area contributed by atoms with Crippen LogP contribution in [-0.2, 0) is 19.9 Å². The lowest BCUT2D eigenvalue weighted by molar-refractivity contribution is -0.134. The first-order chi connectivity index (χ1) is 20.5.